The maximum Gasteiger partial charge on any atom is 0.348 e. The number of aliphatic imine (C=N–C) groups is 1. The van der Waals surface area contributed by atoms with Crippen LogP contribution in [-0.2, 0) is 9.59 Å². The lowest BCUT2D eigenvalue weighted by molar-refractivity contribution is -0.380. The smallest absolute Gasteiger partial charge is 0.348 e. The van der Waals surface area contributed by atoms with Gasteiger partial charge in [-0.1, -0.05) is 49.4 Å². The number of amides is 3. The zero-order chi connectivity index (χ0) is 41.5. The highest BCUT2D eigenvalue weighted by atomic mass is 35.5. The van der Waals surface area contributed by atoms with Crippen molar-refractivity contribution < 1.29 is 19.3 Å². The minimum atomic E-state index is -0.542. The first-order valence-corrected chi connectivity index (χ1v) is 21.0. The second kappa shape index (κ2) is 18.8. The number of anilines is 3. The van der Waals surface area contributed by atoms with Crippen molar-refractivity contribution in [3.05, 3.63) is 102 Å². The van der Waals surface area contributed by atoms with E-state index in [4.69, 9.17) is 16.6 Å². The monoisotopic (exact) mass is 844 g/mol. The molecular formula is C40H45ClN10O5S2. The van der Waals surface area contributed by atoms with Gasteiger partial charge in [0.05, 0.1) is 28.3 Å². The molecule has 0 saturated carbocycles. The van der Waals surface area contributed by atoms with Crippen molar-refractivity contribution in [3.8, 4) is 5.00 Å². The Hall–Kier alpha value is -5.52. The molecular weight excluding hydrogens is 800 g/mol. The van der Waals surface area contributed by atoms with Crippen molar-refractivity contribution in [2.45, 2.75) is 85.6 Å². The first-order chi connectivity index (χ1) is 27.8. The summed E-state index contributed by atoms with van der Waals surface area (Å²) < 4.78 is 2.05. The number of benzene rings is 2. The Bertz CT molecular complexity index is 2370. The highest BCUT2D eigenvalue weighted by molar-refractivity contribution is 7.19. The lowest BCUT2D eigenvalue weighted by Crippen LogP contribution is -2.26. The number of aryl methyl sites for hydroxylation is 3. The number of nitro groups is 1. The topological polar surface area (TPSA) is 198 Å². The van der Waals surface area contributed by atoms with E-state index in [2.05, 4.69) is 50.3 Å². The van der Waals surface area contributed by atoms with Gasteiger partial charge in [-0.05, 0) is 87.8 Å². The number of thiazole rings is 1. The summed E-state index contributed by atoms with van der Waals surface area (Å²) in [6, 6.07) is 12.1. The normalized spacial score (nSPS) is 13.2. The minimum absolute atomic E-state index is 0.0863. The molecule has 1 atom stereocenters. The highest BCUT2D eigenvalue weighted by Crippen LogP contribution is 2.39. The molecule has 3 amide bonds. The van der Waals surface area contributed by atoms with E-state index in [0.29, 0.717) is 29.6 Å². The molecule has 15 nitrogen and oxygen atoms in total. The van der Waals surface area contributed by atoms with Crippen molar-refractivity contribution in [1.29, 1.82) is 0 Å². The first-order valence-electron chi connectivity index (χ1n) is 19.0. The number of hydrogen-bond donors (Lipinski definition) is 4. The zero-order valence-electron chi connectivity index (χ0n) is 32.9. The van der Waals surface area contributed by atoms with Gasteiger partial charge in [0.15, 0.2) is 11.0 Å². The standard InChI is InChI=1S/C40H45ClN10O5S2/c1-22-24(3)57-39-34(22)35(27-12-14-28(41)15-13-27)46-32(36-49-48-25(4)50(36)39)21-33(53)43-19-11-9-7-6-8-10-18-42-29-16-17-30(31(20-29)45-26(5)52)37(54)47-40-44-23(2)38(58-40)51(55)56/h12-17,20,32,42H,6-11,18-19,21H2,1-5H3,(H,43,53)(H,45,52)(H,44,47,54)/t32-/m0/s1. The number of carbonyl (C=O) groups is 3. The molecule has 2 aromatic carbocycles. The third-order valence-corrected chi connectivity index (χ3v) is 12.2. The average Bonchev–Trinajstić information content (AvgIpc) is 3.81. The summed E-state index contributed by atoms with van der Waals surface area (Å²) in [5.74, 6) is 0.434. The number of hydrogen-bond acceptors (Lipinski definition) is 12. The van der Waals surface area contributed by atoms with Crippen molar-refractivity contribution in [3.63, 3.8) is 0 Å². The maximum atomic E-state index is 13.3. The number of unbranched alkanes of at least 4 members (excludes halogenated alkanes) is 5. The molecule has 1 aliphatic heterocycles. The fourth-order valence-electron chi connectivity index (χ4n) is 6.72. The lowest BCUT2D eigenvalue weighted by Gasteiger charge is -2.13. The predicted molar refractivity (Wildman–Crippen MR) is 229 cm³/mol. The van der Waals surface area contributed by atoms with Crippen LogP contribution in [0.5, 0.6) is 0 Å². The Kier molecular flexibility index (Phi) is 13.7. The van der Waals surface area contributed by atoms with Crippen LogP contribution in [-0.4, -0.2) is 61.2 Å². The van der Waals surface area contributed by atoms with Crippen LogP contribution in [0.2, 0.25) is 5.02 Å². The summed E-state index contributed by atoms with van der Waals surface area (Å²) >= 11 is 8.68. The summed E-state index contributed by atoms with van der Waals surface area (Å²) in [6.45, 7) is 10.3. The molecule has 1 aliphatic rings. The summed E-state index contributed by atoms with van der Waals surface area (Å²) in [7, 11) is 0. The third-order valence-electron chi connectivity index (χ3n) is 9.72. The van der Waals surface area contributed by atoms with Gasteiger partial charge in [0.25, 0.3) is 5.91 Å². The number of nitrogens with one attached hydrogen (secondary N) is 4. The molecule has 3 aromatic heterocycles. The largest absolute Gasteiger partial charge is 0.385 e. The number of halogens is 1. The van der Waals surface area contributed by atoms with E-state index in [9.17, 15) is 24.5 Å². The van der Waals surface area contributed by atoms with Crippen molar-refractivity contribution >= 4 is 79.2 Å². The van der Waals surface area contributed by atoms with Gasteiger partial charge in [-0.2, -0.15) is 0 Å². The van der Waals surface area contributed by atoms with E-state index in [1.165, 1.54) is 18.7 Å². The second-order valence-corrected chi connectivity index (χ2v) is 16.7. The van der Waals surface area contributed by atoms with Gasteiger partial charge in [0.2, 0.25) is 11.8 Å². The maximum absolute atomic E-state index is 13.3. The molecule has 0 aliphatic carbocycles. The van der Waals surface area contributed by atoms with Gasteiger partial charge < -0.3 is 16.0 Å². The van der Waals surface area contributed by atoms with Crippen LogP contribution in [0.4, 0.5) is 21.5 Å². The Morgan fingerprint density at radius 3 is 2.31 bits per heavy atom. The van der Waals surface area contributed by atoms with Gasteiger partial charge in [0.1, 0.15) is 22.6 Å². The van der Waals surface area contributed by atoms with Gasteiger partial charge in [-0.3, -0.25) is 39.4 Å². The molecule has 0 unspecified atom stereocenters. The van der Waals surface area contributed by atoms with Crippen LogP contribution < -0.4 is 21.3 Å². The van der Waals surface area contributed by atoms with Crippen molar-refractivity contribution in [1.82, 2.24) is 25.1 Å². The Labute approximate surface area is 348 Å². The van der Waals surface area contributed by atoms with Crippen molar-refractivity contribution in [2.24, 2.45) is 4.99 Å². The Balaban J connectivity index is 0.941. The van der Waals surface area contributed by atoms with Gasteiger partial charge in [-0.15, -0.1) is 21.5 Å². The molecule has 0 spiro atoms. The quantitative estimate of drug-likeness (QED) is 0.0402. The fraction of sp³-hybridized carbons (Fsp3) is 0.375. The molecule has 5 aromatic rings. The molecule has 0 bridgehead atoms. The summed E-state index contributed by atoms with van der Waals surface area (Å²) in [5.41, 5.74) is 5.39. The Morgan fingerprint density at radius 1 is 0.914 bits per heavy atom. The molecule has 304 valence electrons. The van der Waals surface area contributed by atoms with E-state index in [0.717, 1.165) is 88.8 Å². The van der Waals surface area contributed by atoms with E-state index in [1.807, 2.05) is 35.8 Å². The molecule has 58 heavy (non-hydrogen) atoms. The Morgan fingerprint density at radius 2 is 1.62 bits per heavy atom. The first kappa shape index (κ1) is 42.1. The van der Waals surface area contributed by atoms with E-state index in [1.54, 1.807) is 29.5 Å². The second-order valence-electron chi connectivity index (χ2n) is 14.1. The molecule has 0 fully saturated rings. The highest BCUT2D eigenvalue weighted by Gasteiger charge is 2.32. The molecule has 18 heteroatoms. The van der Waals surface area contributed by atoms with E-state index in [-0.39, 0.29) is 39.6 Å². The number of thiophene rings is 1. The van der Waals surface area contributed by atoms with Gasteiger partial charge >= 0.3 is 5.00 Å². The number of carbonyl (C=O) groups excluding carboxylic acids is 3. The SMILES string of the molecule is CC(=O)Nc1cc(NCCCCCCCCNC(=O)C[C@@H]2N=C(c3ccc(Cl)cc3)c3c(sc(C)c3C)-n3c(C)nnc32)ccc1C(=O)Nc1nc(C)c([N+](=O)[O-])s1. The van der Waals surface area contributed by atoms with Crippen molar-refractivity contribution in [2.75, 3.05) is 29.0 Å². The van der Waals surface area contributed by atoms with Crippen LogP contribution in [0.25, 0.3) is 5.00 Å². The zero-order valence-corrected chi connectivity index (χ0v) is 35.3. The fourth-order valence-corrected chi connectivity index (χ4v) is 8.84. The summed E-state index contributed by atoms with van der Waals surface area (Å²) in [5, 5.41) is 33.4. The molecule has 4 N–H and O–H groups in total. The van der Waals surface area contributed by atoms with E-state index < -0.39 is 16.9 Å². The van der Waals surface area contributed by atoms with Crippen LogP contribution in [0, 0.1) is 37.8 Å². The molecule has 6 rings (SSSR count). The number of aromatic nitrogens is 4. The minimum Gasteiger partial charge on any atom is -0.385 e. The molecule has 0 saturated heterocycles. The summed E-state index contributed by atoms with van der Waals surface area (Å²) in [4.78, 5) is 59.3. The van der Waals surface area contributed by atoms with Crippen LogP contribution in [0.1, 0.15) is 107 Å². The average molecular weight is 845 g/mol. The predicted octanol–water partition coefficient (Wildman–Crippen LogP) is 8.64. The number of fused-ring (bicyclic) bond motifs is 3. The van der Waals surface area contributed by atoms with Gasteiger partial charge in [0, 0.05) is 46.7 Å². The van der Waals surface area contributed by atoms with Gasteiger partial charge in [-0.25, -0.2) is 4.98 Å². The summed E-state index contributed by atoms with van der Waals surface area (Å²) in [6.07, 6.45) is 6.02. The molecule has 4 heterocycles. The number of rotatable bonds is 17. The molecule has 0 radical (unpaired) electrons. The van der Waals surface area contributed by atoms with Crippen LogP contribution in [0.3, 0.4) is 0 Å². The van der Waals surface area contributed by atoms with E-state index >= 15 is 0 Å². The number of nitrogens with zero attached hydrogens (tertiary/aromatic N) is 6. The van der Waals surface area contributed by atoms with Crippen LogP contribution in [0.15, 0.2) is 47.5 Å². The third kappa shape index (κ3) is 9.94. The lowest BCUT2D eigenvalue weighted by atomic mass is 9.99. The van der Waals surface area contributed by atoms with Crippen LogP contribution >= 0.6 is 34.3 Å².